The lowest BCUT2D eigenvalue weighted by atomic mass is 9.96. The van der Waals surface area contributed by atoms with E-state index in [0.717, 1.165) is 27.8 Å². The SMILES string of the molecule is Cc1ccc(N2C(=S)N[C@H](c3ccccn3)[C@@H]2c2cc(C)n(-c3cc(Cl)ccc3C)c2C)cc1C. The lowest BCUT2D eigenvalue weighted by Gasteiger charge is -2.28. The van der Waals surface area contributed by atoms with Gasteiger partial charge in [0.2, 0.25) is 0 Å². The summed E-state index contributed by atoms with van der Waals surface area (Å²) in [5.41, 5.74) is 10.4. The van der Waals surface area contributed by atoms with Gasteiger partial charge in [-0.1, -0.05) is 29.8 Å². The Balaban J connectivity index is 1.71. The first-order valence-corrected chi connectivity index (χ1v) is 12.6. The Labute approximate surface area is 217 Å². The number of hydrogen-bond acceptors (Lipinski definition) is 2. The van der Waals surface area contributed by atoms with E-state index < -0.39 is 0 Å². The Morgan fingerprint density at radius 1 is 0.886 bits per heavy atom. The van der Waals surface area contributed by atoms with Crippen molar-refractivity contribution in [1.29, 1.82) is 0 Å². The van der Waals surface area contributed by atoms with E-state index in [1.54, 1.807) is 0 Å². The molecule has 0 saturated carbocycles. The van der Waals surface area contributed by atoms with Gasteiger partial charge in [0.25, 0.3) is 0 Å². The highest BCUT2D eigenvalue weighted by molar-refractivity contribution is 7.80. The average molecular weight is 501 g/mol. The number of hydrogen-bond donors (Lipinski definition) is 1. The third kappa shape index (κ3) is 4.13. The van der Waals surface area contributed by atoms with Crippen molar-refractivity contribution in [2.24, 2.45) is 0 Å². The van der Waals surface area contributed by atoms with Crippen molar-refractivity contribution < 1.29 is 0 Å². The summed E-state index contributed by atoms with van der Waals surface area (Å²) in [4.78, 5) is 6.95. The van der Waals surface area contributed by atoms with Crippen molar-refractivity contribution in [2.45, 2.75) is 46.7 Å². The predicted molar refractivity (Wildman–Crippen MR) is 149 cm³/mol. The molecule has 2 aromatic heterocycles. The van der Waals surface area contributed by atoms with Gasteiger partial charge in [-0.15, -0.1) is 0 Å². The molecule has 2 atom stereocenters. The van der Waals surface area contributed by atoms with E-state index in [2.05, 4.69) is 85.8 Å². The Morgan fingerprint density at radius 3 is 2.37 bits per heavy atom. The fourth-order valence-electron chi connectivity index (χ4n) is 5.11. The number of benzene rings is 2. The van der Waals surface area contributed by atoms with Crippen LogP contribution in [0.1, 0.15) is 51.4 Å². The molecule has 178 valence electrons. The van der Waals surface area contributed by atoms with Crippen molar-refractivity contribution in [3.63, 3.8) is 0 Å². The van der Waals surface area contributed by atoms with Gasteiger partial charge in [0, 0.05) is 34.0 Å². The van der Waals surface area contributed by atoms with Gasteiger partial charge in [-0.25, -0.2) is 0 Å². The summed E-state index contributed by atoms with van der Waals surface area (Å²) in [6.07, 6.45) is 1.84. The molecule has 1 aliphatic heterocycles. The maximum Gasteiger partial charge on any atom is 0.174 e. The highest BCUT2D eigenvalue weighted by Crippen LogP contribution is 2.44. The fourth-order valence-corrected chi connectivity index (χ4v) is 5.62. The number of pyridine rings is 1. The van der Waals surface area contributed by atoms with E-state index in [9.17, 15) is 0 Å². The van der Waals surface area contributed by atoms with Gasteiger partial charge in [-0.3, -0.25) is 4.98 Å². The minimum Gasteiger partial charge on any atom is -0.351 e. The number of thiocarbonyl (C=S) groups is 1. The van der Waals surface area contributed by atoms with E-state index >= 15 is 0 Å². The van der Waals surface area contributed by atoms with Crippen LogP contribution in [-0.4, -0.2) is 14.7 Å². The van der Waals surface area contributed by atoms with Gasteiger partial charge in [0.1, 0.15) is 0 Å². The third-order valence-corrected chi connectivity index (χ3v) is 7.62. The van der Waals surface area contributed by atoms with Gasteiger partial charge in [0.05, 0.1) is 17.8 Å². The molecule has 35 heavy (non-hydrogen) atoms. The number of rotatable bonds is 4. The van der Waals surface area contributed by atoms with Crippen molar-refractivity contribution in [1.82, 2.24) is 14.9 Å². The molecule has 1 N–H and O–H groups in total. The largest absolute Gasteiger partial charge is 0.351 e. The third-order valence-electron chi connectivity index (χ3n) is 7.07. The summed E-state index contributed by atoms with van der Waals surface area (Å²) in [6, 6.07) is 20.8. The normalized spacial score (nSPS) is 17.7. The van der Waals surface area contributed by atoms with E-state index in [1.807, 2.05) is 30.5 Å². The first kappa shape index (κ1) is 23.6. The van der Waals surface area contributed by atoms with Crippen molar-refractivity contribution >= 4 is 34.6 Å². The standard InChI is InChI=1S/C29H29ClN4S/c1-17-10-12-23(14-19(17)3)34-28(27(32-29(34)35)25-8-6-7-13-31-25)24-15-20(4)33(21(24)5)26-16-22(30)11-9-18(26)2/h6-16,27-28H,1-5H3,(H,32,35)/t27-,28+/m1/s1. The highest BCUT2D eigenvalue weighted by atomic mass is 35.5. The van der Waals surface area contributed by atoms with Gasteiger partial charge < -0.3 is 14.8 Å². The lowest BCUT2D eigenvalue weighted by molar-refractivity contribution is 0.565. The first-order chi connectivity index (χ1) is 16.8. The fraction of sp³-hybridized carbons (Fsp3) is 0.241. The van der Waals surface area contributed by atoms with Crippen LogP contribution in [0, 0.1) is 34.6 Å². The zero-order valence-electron chi connectivity index (χ0n) is 20.6. The molecule has 5 rings (SSSR count). The Kier molecular flexibility index (Phi) is 6.16. The number of aryl methyl sites for hydroxylation is 4. The molecule has 4 aromatic rings. The number of halogens is 1. The van der Waals surface area contributed by atoms with Crippen molar-refractivity contribution in [3.05, 3.63) is 111 Å². The average Bonchev–Trinajstić information content (AvgIpc) is 3.33. The number of aromatic nitrogens is 2. The van der Waals surface area contributed by atoms with Crippen LogP contribution < -0.4 is 10.2 Å². The topological polar surface area (TPSA) is 33.1 Å². The molecule has 1 fully saturated rings. The van der Waals surface area contributed by atoms with Gasteiger partial charge in [0.15, 0.2) is 5.11 Å². The van der Waals surface area contributed by atoms with Crippen LogP contribution >= 0.6 is 23.8 Å². The zero-order chi connectivity index (χ0) is 24.9. The molecule has 3 heterocycles. The van der Waals surface area contributed by atoms with E-state index in [0.29, 0.717) is 5.11 Å². The minimum atomic E-state index is -0.0836. The molecule has 2 aromatic carbocycles. The van der Waals surface area contributed by atoms with Gasteiger partial charge in [-0.2, -0.15) is 0 Å². The second-order valence-electron chi connectivity index (χ2n) is 9.36. The van der Waals surface area contributed by atoms with Crippen LogP contribution in [0.4, 0.5) is 5.69 Å². The van der Waals surface area contributed by atoms with Crippen LogP contribution in [-0.2, 0) is 0 Å². The summed E-state index contributed by atoms with van der Waals surface area (Å²) in [5, 5.41) is 5.02. The molecule has 1 aliphatic rings. The minimum absolute atomic E-state index is 0.0565. The van der Waals surface area contributed by atoms with Crippen LogP contribution in [0.2, 0.25) is 5.02 Å². The Morgan fingerprint density at radius 2 is 1.66 bits per heavy atom. The molecular formula is C29H29ClN4S. The zero-order valence-corrected chi connectivity index (χ0v) is 22.2. The van der Waals surface area contributed by atoms with Crippen LogP contribution in [0.25, 0.3) is 5.69 Å². The van der Waals surface area contributed by atoms with Crippen molar-refractivity contribution in [2.75, 3.05) is 4.90 Å². The summed E-state index contributed by atoms with van der Waals surface area (Å²) in [6.45, 7) is 10.7. The molecule has 6 heteroatoms. The Bertz CT molecular complexity index is 1430. The number of nitrogens with zero attached hydrogens (tertiary/aromatic N) is 3. The van der Waals surface area contributed by atoms with Crippen molar-refractivity contribution in [3.8, 4) is 5.69 Å². The molecule has 4 nitrogen and oxygen atoms in total. The Hall–Kier alpha value is -3.15. The summed E-state index contributed by atoms with van der Waals surface area (Å²) < 4.78 is 2.30. The van der Waals surface area contributed by atoms with Crippen LogP contribution in [0.5, 0.6) is 0 Å². The molecule has 0 amide bonds. The quantitative estimate of drug-likeness (QED) is 0.299. The summed E-state index contributed by atoms with van der Waals surface area (Å²) in [5.74, 6) is 0. The highest BCUT2D eigenvalue weighted by Gasteiger charge is 2.42. The smallest absolute Gasteiger partial charge is 0.174 e. The maximum atomic E-state index is 6.40. The number of nitrogens with one attached hydrogen (secondary N) is 1. The van der Waals surface area contributed by atoms with E-state index in [1.165, 1.54) is 27.9 Å². The summed E-state index contributed by atoms with van der Waals surface area (Å²) in [7, 11) is 0. The predicted octanol–water partition coefficient (Wildman–Crippen LogP) is 7.24. The monoisotopic (exact) mass is 500 g/mol. The molecule has 0 aliphatic carbocycles. The van der Waals surface area contributed by atoms with E-state index in [4.69, 9.17) is 28.8 Å². The molecule has 0 radical (unpaired) electrons. The molecule has 0 unspecified atom stereocenters. The second-order valence-corrected chi connectivity index (χ2v) is 10.2. The molecular weight excluding hydrogens is 472 g/mol. The van der Waals surface area contributed by atoms with E-state index in [-0.39, 0.29) is 12.1 Å². The maximum absolute atomic E-state index is 6.40. The second kappa shape index (κ2) is 9.14. The molecule has 0 spiro atoms. The summed E-state index contributed by atoms with van der Waals surface area (Å²) >= 11 is 12.3. The first-order valence-electron chi connectivity index (χ1n) is 11.8. The molecule has 0 bridgehead atoms. The van der Waals surface area contributed by atoms with Crippen LogP contribution in [0.3, 0.4) is 0 Å². The lowest BCUT2D eigenvalue weighted by Crippen LogP contribution is -2.29. The van der Waals surface area contributed by atoms with Gasteiger partial charge in [-0.05, 0) is 112 Å². The van der Waals surface area contributed by atoms with Crippen LogP contribution in [0.15, 0.2) is 66.9 Å². The van der Waals surface area contributed by atoms with Gasteiger partial charge >= 0.3 is 0 Å². The molecule has 1 saturated heterocycles. The number of anilines is 1.